The van der Waals surface area contributed by atoms with Crippen LogP contribution in [0.5, 0.6) is 0 Å². The number of carbonyl (C=O) groups is 1. The Kier molecular flexibility index (Phi) is 6.73. The van der Waals surface area contributed by atoms with Crippen molar-refractivity contribution in [3.63, 3.8) is 0 Å². The molecule has 162 valence electrons. The summed E-state index contributed by atoms with van der Waals surface area (Å²) in [7, 11) is 0. The summed E-state index contributed by atoms with van der Waals surface area (Å²) >= 11 is 1.96. The van der Waals surface area contributed by atoms with E-state index in [4.69, 9.17) is 4.98 Å². The summed E-state index contributed by atoms with van der Waals surface area (Å²) in [6.45, 7) is 12.6. The molecule has 0 saturated carbocycles. The van der Waals surface area contributed by atoms with Gasteiger partial charge in [0, 0.05) is 56.5 Å². The van der Waals surface area contributed by atoms with E-state index >= 15 is 0 Å². The third-order valence-electron chi connectivity index (χ3n) is 5.96. The van der Waals surface area contributed by atoms with Crippen molar-refractivity contribution in [3.05, 3.63) is 23.1 Å². The smallest absolute Gasteiger partial charge is 0.291 e. The quantitative estimate of drug-likeness (QED) is 0.725. The number of thioether (sulfide) groups is 1. The van der Waals surface area contributed by atoms with Gasteiger partial charge in [0.25, 0.3) is 5.91 Å². The number of fused-ring (bicyclic) bond motifs is 1. The van der Waals surface area contributed by atoms with Crippen LogP contribution in [0.3, 0.4) is 0 Å². The van der Waals surface area contributed by atoms with Crippen LogP contribution in [0.4, 0.5) is 5.82 Å². The fourth-order valence-corrected chi connectivity index (χ4v) is 5.16. The first-order valence-corrected chi connectivity index (χ1v) is 12.2. The Bertz CT molecular complexity index is 906. The number of aryl methyl sites for hydroxylation is 2. The van der Waals surface area contributed by atoms with Crippen molar-refractivity contribution < 1.29 is 4.79 Å². The van der Waals surface area contributed by atoms with Gasteiger partial charge in [0.1, 0.15) is 5.82 Å². The summed E-state index contributed by atoms with van der Waals surface area (Å²) in [5.41, 5.74) is 2.68. The molecule has 0 atom stereocenters. The highest BCUT2D eigenvalue weighted by atomic mass is 32.2. The second-order valence-corrected chi connectivity index (χ2v) is 9.46. The molecule has 0 aromatic carbocycles. The monoisotopic (exact) mass is 428 g/mol. The number of anilines is 1. The van der Waals surface area contributed by atoms with Gasteiger partial charge in [-0.25, -0.2) is 15.0 Å². The number of pyridine rings is 1. The first-order valence-electron chi connectivity index (χ1n) is 11.1. The first kappa shape index (κ1) is 21.3. The molecular formula is C22H32N6OS. The molecule has 4 rings (SSSR count). The van der Waals surface area contributed by atoms with E-state index in [1.54, 1.807) is 0 Å². The van der Waals surface area contributed by atoms with E-state index in [9.17, 15) is 4.79 Å². The number of carbonyl (C=O) groups excluding carboxylic acids is 1. The molecular weight excluding hydrogens is 396 g/mol. The molecule has 2 aromatic heterocycles. The van der Waals surface area contributed by atoms with Gasteiger partial charge in [-0.15, -0.1) is 0 Å². The lowest BCUT2D eigenvalue weighted by molar-refractivity contribution is 0.0624. The van der Waals surface area contributed by atoms with Gasteiger partial charge in [-0.2, -0.15) is 11.8 Å². The van der Waals surface area contributed by atoms with Crippen LogP contribution in [0.15, 0.2) is 6.07 Å². The van der Waals surface area contributed by atoms with Gasteiger partial charge < -0.3 is 9.80 Å². The van der Waals surface area contributed by atoms with Gasteiger partial charge in [-0.05, 0) is 38.4 Å². The van der Waals surface area contributed by atoms with E-state index in [1.165, 1.54) is 12.8 Å². The molecule has 2 saturated heterocycles. The Labute approximate surface area is 183 Å². The van der Waals surface area contributed by atoms with Crippen LogP contribution in [0.1, 0.15) is 41.6 Å². The third kappa shape index (κ3) is 4.54. The average Bonchev–Trinajstić information content (AvgIpc) is 2.77. The number of rotatable bonds is 5. The van der Waals surface area contributed by atoms with E-state index in [2.05, 4.69) is 39.7 Å². The molecule has 0 N–H and O–H groups in total. The van der Waals surface area contributed by atoms with Crippen molar-refractivity contribution in [1.29, 1.82) is 0 Å². The SMILES string of the molecule is CCCCN1CCN(C(=O)c2nc(N3CCSCC3)c3c(C)cc(C)nc3n2)CC1. The van der Waals surface area contributed by atoms with Gasteiger partial charge in [0.15, 0.2) is 5.65 Å². The Balaban J connectivity index is 1.63. The first-order chi connectivity index (χ1) is 14.6. The predicted molar refractivity (Wildman–Crippen MR) is 124 cm³/mol. The highest BCUT2D eigenvalue weighted by Crippen LogP contribution is 2.29. The van der Waals surface area contributed by atoms with Crippen molar-refractivity contribution in [2.24, 2.45) is 0 Å². The number of hydrogen-bond acceptors (Lipinski definition) is 7. The average molecular weight is 429 g/mol. The number of unbranched alkanes of at least 4 members (excludes halogenated alkanes) is 1. The largest absolute Gasteiger partial charge is 0.354 e. The number of piperazine rings is 1. The maximum absolute atomic E-state index is 13.3. The lowest BCUT2D eigenvalue weighted by Gasteiger charge is -2.34. The van der Waals surface area contributed by atoms with Crippen LogP contribution in [-0.4, -0.2) is 88.0 Å². The van der Waals surface area contributed by atoms with Crippen molar-refractivity contribution in [2.45, 2.75) is 33.6 Å². The Morgan fingerprint density at radius 3 is 2.47 bits per heavy atom. The van der Waals surface area contributed by atoms with Crippen LogP contribution in [-0.2, 0) is 0 Å². The number of amides is 1. The second kappa shape index (κ2) is 9.47. The van der Waals surface area contributed by atoms with Crippen LogP contribution in [0.25, 0.3) is 11.0 Å². The molecule has 0 radical (unpaired) electrons. The van der Waals surface area contributed by atoms with Gasteiger partial charge in [-0.3, -0.25) is 9.69 Å². The fourth-order valence-electron chi connectivity index (χ4n) is 4.25. The Morgan fingerprint density at radius 1 is 1.03 bits per heavy atom. The lowest BCUT2D eigenvalue weighted by atomic mass is 10.1. The molecule has 0 bridgehead atoms. The lowest BCUT2D eigenvalue weighted by Crippen LogP contribution is -2.49. The van der Waals surface area contributed by atoms with Gasteiger partial charge >= 0.3 is 0 Å². The van der Waals surface area contributed by atoms with Gasteiger partial charge in [0.2, 0.25) is 5.82 Å². The third-order valence-corrected chi connectivity index (χ3v) is 6.90. The Morgan fingerprint density at radius 2 is 1.77 bits per heavy atom. The molecule has 2 aromatic rings. The van der Waals surface area contributed by atoms with E-state index in [-0.39, 0.29) is 11.7 Å². The molecule has 0 spiro atoms. The van der Waals surface area contributed by atoms with Crippen molar-refractivity contribution in [2.75, 3.05) is 62.2 Å². The Hall–Kier alpha value is -1.93. The minimum atomic E-state index is -0.0689. The molecule has 2 aliphatic heterocycles. The fraction of sp³-hybridized carbons (Fsp3) is 0.636. The number of hydrogen-bond donors (Lipinski definition) is 0. The molecule has 30 heavy (non-hydrogen) atoms. The van der Waals surface area contributed by atoms with Crippen LogP contribution < -0.4 is 4.90 Å². The van der Waals surface area contributed by atoms with E-state index < -0.39 is 0 Å². The molecule has 2 fully saturated rings. The molecule has 2 aliphatic rings. The normalized spacial score (nSPS) is 18.2. The zero-order chi connectivity index (χ0) is 21.1. The summed E-state index contributed by atoms with van der Waals surface area (Å²) in [6, 6.07) is 2.07. The molecule has 8 heteroatoms. The minimum absolute atomic E-state index is 0.0689. The number of aromatic nitrogens is 3. The summed E-state index contributed by atoms with van der Waals surface area (Å²) in [5.74, 6) is 3.24. The highest BCUT2D eigenvalue weighted by Gasteiger charge is 2.27. The zero-order valence-electron chi connectivity index (χ0n) is 18.4. The molecule has 4 heterocycles. The molecule has 0 aliphatic carbocycles. The van der Waals surface area contributed by atoms with Crippen molar-refractivity contribution in [1.82, 2.24) is 24.8 Å². The van der Waals surface area contributed by atoms with Crippen LogP contribution in [0.2, 0.25) is 0 Å². The van der Waals surface area contributed by atoms with E-state index in [1.807, 2.05) is 23.6 Å². The second-order valence-electron chi connectivity index (χ2n) is 8.24. The maximum atomic E-state index is 13.3. The summed E-state index contributed by atoms with van der Waals surface area (Å²) in [4.78, 5) is 34.1. The maximum Gasteiger partial charge on any atom is 0.291 e. The standard InChI is InChI=1S/C22H32N6OS/c1-4-5-6-26-7-9-28(10-8-26)22(29)20-24-19-18(16(2)15-17(3)23-19)21(25-20)27-11-13-30-14-12-27/h15H,4-14H2,1-3H3. The van der Waals surface area contributed by atoms with Crippen LogP contribution in [0, 0.1) is 13.8 Å². The predicted octanol–water partition coefficient (Wildman–Crippen LogP) is 2.75. The number of nitrogens with zero attached hydrogens (tertiary/aromatic N) is 6. The van der Waals surface area contributed by atoms with Crippen molar-refractivity contribution >= 4 is 34.5 Å². The van der Waals surface area contributed by atoms with E-state index in [0.29, 0.717) is 5.65 Å². The molecule has 7 nitrogen and oxygen atoms in total. The highest BCUT2D eigenvalue weighted by molar-refractivity contribution is 7.99. The summed E-state index contributed by atoms with van der Waals surface area (Å²) < 4.78 is 0. The van der Waals surface area contributed by atoms with Gasteiger partial charge in [0.05, 0.1) is 5.39 Å². The van der Waals surface area contributed by atoms with Crippen molar-refractivity contribution in [3.8, 4) is 0 Å². The topological polar surface area (TPSA) is 65.5 Å². The minimum Gasteiger partial charge on any atom is -0.354 e. The van der Waals surface area contributed by atoms with E-state index in [0.717, 1.165) is 79.8 Å². The zero-order valence-corrected chi connectivity index (χ0v) is 19.2. The summed E-state index contributed by atoms with van der Waals surface area (Å²) in [6.07, 6.45) is 2.41. The summed E-state index contributed by atoms with van der Waals surface area (Å²) in [5, 5.41) is 0.980. The molecule has 0 unspecified atom stereocenters. The molecule has 1 amide bonds. The van der Waals surface area contributed by atoms with Gasteiger partial charge in [-0.1, -0.05) is 13.3 Å². The van der Waals surface area contributed by atoms with Crippen LogP contribution >= 0.6 is 11.8 Å².